The van der Waals surface area contributed by atoms with E-state index in [1.54, 1.807) is 6.07 Å². The number of aliphatic hydroxyl groups excluding tert-OH is 1. The van der Waals surface area contributed by atoms with E-state index in [9.17, 15) is 15.2 Å². The smallest absolute Gasteiger partial charge is 0.310 e. The second kappa shape index (κ2) is 5.77. The van der Waals surface area contributed by atoms with E-state index in [4.69, 9.17) is 0 Å². The van der Waals surface area contributed by atoms with Crippen molar-refractivity contribution in [3.63, 3.8) is 0 Å². The van der Waals surface area contributed by atoms with Crippen LogP contribution in [0.1, 0.15) is 19.3 Å². The minimum Gasteiger partial charge on any atom is -0.396 e. The molecule has 1 heterocycles. The lowest BCUT2D eigenvalue weighted by Gasteiger charge is -2.18. The molecule has 1 aromatic heterocycles. The van der Waals surface area contributed by atoms with Gasteiger partial charge >= 0.3 is 5.69 Å². The first-order valence-electron chi connectivity index (χ1n) is 6.15. The van der Waals surface area contributed by atoms with Crippen molar-refractivity contribution < 1.29 is 10.0 Å². The van der Waals surface area contributed by atoms with Crippen molar-refractivity contribution >= 4 is 11.4 Å². The van der Waals surface area contributed by atoms with E-state index in [1.807, 2.05) is 0 Å². The van der Waals surface area contributed by atoms with Gasteiger partial charge in [0.2, 0.25) is 0 Å². The fourth-order valence-corrected chi connectivity index (χ4v) is 2.54. The summed E-state index contributed by atoms with van der Waals surface area (Å²) in [4.78, 5) is 14.1. The molecule has 6 heteroatoms. The van der Waals surface area contributed by atoms with Crippen molar-refractivity contribution in [2.45, 2.75) is 19.3 Å². The number of pyridine rings is 1. The third-order valence-electron chi connectivity index (χ3n) is 3.60. The molecule has 18 heavy (non-hydrogen) atoms. The van der Waals surface area contributed by atoms with Gasteiger partial charge in [0, 0.05) is 19.3 Å². The van der Waals surface area contributed by atoms with E-state index in [-0.39, 0.29) is 12.3 Å². The predicted molar refractivity (Wildman–Crippen MR) is 67.3 cm³/mol. The topological polar surface area (TPSA) is 88.3 Å². The highest BCUT2D eigenvalue weighted by Crippen LogP contribution is 2.32. The van der Waals surface area contributed by atoms with Gasteiger partial charge in [-0.15, -0.1) is 0 Å². The average Bonchev–Trinajstić information content (AvgIpc) is 2.84. The van der Waals surface area contributed by atoms with Gasteiger partial charge in [-0.05, 0) is 30.7 Å². The summed E-state index contributed by atoms with van der Waals surface area (Å²) in [7, 11) is 0. The highest BCUT2D eigenvalue weighted by atomic mass is 16.6. The molecule has 0 bridgehead atoms. The van der Waals surface area contributed by atoms with Gasteiger partial charge in [-0.2, -0.15) is 0 Å². The molecule has 0 aliphatic heterocycles. The predicted octanol–water partition coefficient (Wildman–Crippen LogP) is 1.81. The molecule has 0 radical (unpaired) electrons. The van der Waals surface area contributed by atoms with Crippen LogP contribution in [0, 0.1) is 22.0 Å². The molecule has 1 aliphatic carbocycles. The van der Waals surface area contributed by atoms with Crippen LogP contribution < -0.4 is 5.32 Å². The molecule has 2 rings (SSSR count). The van der Waals surface area contributed by atoms with Gasteiger partial charge in [0.25, 0.3) is 0 Å². The number of nitro groups is 1. The van der Waals surface area contributed by atoms with Crippen molar-refractivity contribution in [1.29, 1.82) is 0 Å². The Hall–Kier alpha value is -1.69. The molecule has 2 unspecified atom stereocenters. The van der Waals surface area contributed by atoms with E-state index in [0.29, 0.717) is 24.1 Å². The monoisotopic (exact) mass is 251 g/mol. The third-order valence-corrected chi connectivity index (χ3v) is 3.60. The largest absolute Gasteiger partial charge is 0.396 e. The van der Waals surface area contributed by atoms with Crippen LogP contribution in [0.25, 0.3) is 0 Å². The molecule has 1 aliphatic rings. The second-order valence-corrected chi connectivity index (χ2v) is 4.66. The van der Waals surface area contributed by atoms with Crippen molar-refractivity contribution in [1.82, 2.24) is 4.98 Å². The molecule has 2 N–H and O–H groups in total. The first kappa shape index (κ1) is 12.8. The first-order valence-corrected chi connectivity index (χ1v) is 6.15. The fourth-order valence-electron chi connectivity index (χ4n) is 2.54. The number of aliphatic hydroxyl groups is 1. The number of nitrogens with one attached hydrogen (secondary N) is 1. The van der Waals surface area contributed by atoms with Crippen molar-refractivity contribution in [3.05, 3.63) is 28.6 Å². The average molecular weight is 251 g/mol. The third kappa shape index (κ3) is 2.76. The van der Waals surface area contributed by atoms with Gasteiger partial charge < -0.3 is 10.4 Å². The maximum Gasteiger partial charge on any atom is 0.310 e. The molecule has 0 spiro atoms. The molecule has 6 nitrogen and oxygen atoms in total. The van der Waals surface area contributed by atoms with Gasteiger partial charge in [-0.1, -0.05) is 6.42 Å². The zero-order valence-corrected chi connectivity index (χ0v) is 10.1. The second-order valence-electron chi connectivity index (χ2n) is 4.66. The number of rotatable bonds is 5. The molecule has 0 aromatic carbocycles. The van der Waals surface area contributed by atoms with Crippen LogP contribution in [0.15, 0.2) is 18.5 Å². The number of aromatic nitrogens is 1. The molecule has 0 amide bonds. The SMILES string of the molecule is O=[N+]([O-])c1cnccc1NCC1CCCC1CO. The van der Waals surface area contributed by atoms with Crippen LogP contribution in [-0.4, -0.2) is 28.2 Å². The Bertz CT molecular complexity index is 425. The highest BCUT2D eigenvalue weighted by Gasteiger charge is 2.26. The Morgan fingerprint density at radius 2 is 2.28 bits per heavy atom. The molecular weight excluding hydrogens is 234 g/mol. The summed E-state index contributed by atoms with van der Waals surface area (Å²) in [5.41, 5.74) is 0.495. The molecule has 1 aromatic rings. The standard InChI is InChI=1S/C12H17N3O3/c16-8-10-3-1-2-9(10)6-14-11-4-5-13-7-12(11)15(17)18/h4-5,7,9-10,16H,1-3,6,8H2,(H,13,14). The summed E-state index contributed by atoms with van der Waals surface area (Å²) in [6.07, 6.45) is 6.02. The van der Waals surface area contributed by atoms with Gasteiger partial charge in [0.1, 0.15) is 11.9 Å². The first-order chi connectivity index (χ1) is 8.72. The summed E-state index contributed by atoms with van der Waals surface area (Å²) >= 11 is 0. The van der Waals surface area contributed by atoms with Crippen LogP contribution >= 0.6 is 0 Å². The van der Waals surface area contributed by atoms with Gasteiger partial charge in [-0.3, -0.25) is 15.1 Å². The van der Waals surface area contributed by atoms with Crippen LogP contribution in [0.3, 0.4) is 0 Å². The van der Waals surface area contributed by atoms with Crippen molar-refractivity contribution in [3.8, 4) is 0 Å². The van der Waals surface area contributed by atoms with Crippen LogP contribution in [0.2, 0.25) is 0 Å². The Morgan fingerprint density at radius 3 is 3.00 bits per heavy atom. The number of hydrogen-bond donors (Lipinski definition) is 2. The zero-order valence-electron chi connectivity index (χ0n) is 10.1. The lowest BCUT2D eigenvalue weighted by molar-refractivity contribution is -0.384. The maximum atomic E-state index is 10.8. The zero-order chi connectivity index (χ0) is 13.0. The Morgan fingerprint density at radius 1 is 1.50 bits per heavy atom. The van der Waals surface area contributed by atoms with Crippen LogP contribution in [0.5, 0.6) is 0 Å². The van der Waals surface area contributed by atoms with E-state index in [2.05, 4.69) is 10.3 Å². The molecular formula is C12H17N3O3. The van der Waals surface area contributed by atoms with Crippen molar-refractivity contribution in [2.24, 2.45) is 11.8 Å². The quantitative estimate of drug-likeness (QED) is 0.615. The highest BCUT2D eigenvalue weighted by molar-refractivity contribution is 5.59. The lowest BCUT2D eigenvalue weighted by Crippen LogP contribution is -2.21. The number of nitrogens with zero attached hydrogens (tertiary/aromatic N) is 2. The van der Waals surface area contributed by atoms with E-state index < -0.39 is 4.92 Å². The van der Waals surface area contributed by atoms with Crippen molar-refractivity contribution in [2.75, 3.05) is 18.5 Å². The number of hydrogen-bond acceptors (Lipinski definition) is 5. The van der Waals surface area contributed by atoms with Crippen LogP contribution in [0.4, 0.5) is 11.4 Å². The summed E-state index contributed by atoms with van der Waals surface area (Å²) in [5.74, 6) is 0.709. The van der Waals surface area contributed by atoms with E-state index in [1.165, 1.54) is 12.4 Å². The summed E-state index contributed by atoms with van der Waals surface area (Å²) in [5, 5.41) is 23.2. The lowest BCUT2D eigenvalue weighted by atomic mass is 9.97. The fraction of sp³-hybridized carbons (Fsp3) is 0.583. The maximum absolute atomic E-state index is 10.8. The number of anilines is 1. The summed E-state index contributed by atoms with van der Waals surface area (Å²) in [6, 6.07) is 1.61. The summed E-state index contributed by atoms with van der Waals surface area (Å²) < 4.78 is 0. The molecule has 0 saturated heterocycles. The normalized spacial score (nSPS) is 22.9. The summed E-state index contributed by atoms with van der Waals surface area (Å²) in [6.45, 7) is 0.862. The Labute approximate surface area is 105 Å². The van der Waals surface area contributed by atoms with Gasteiger partial charge in [-0.25, -0.2) is 0 Å². The van der Waals surface area contributed by atoms with Gasteiger partial charge in [0.05, 0.1) is 4.92 Å². The molecule has 98 valence electrons. The molecule has 1 fully saturated rings. The van der Waals surface area contributed by atoms with Gasteiger partial charge in [0.15, 0.2) is 0 Å². The Kier molecular flexibility index (Phi) is 4.09. The Balaban J connectivity index is 2.00. The minimum atomic E-state index is -0.437. The van der Waals surface area contributed by atoms with E-state index >= 15 is 0 Å². The molecule has 1 saturated carbocycles. The van der Waals surface area contributed by atoms with E-state index in [0.717, 1.165) is 19.3 Å². The molecule has 2 atom stereocenters. The van der Waals surface area contributed by atoms with Crippen LogP contribution in [-0.2, 0) is 0 Å². The minimum absolute atomic E-state index is 0.00366.